The molecule has 1 aromatic heterocycles. The third-order valence-corrected chi connectivity index (χ3v) is 7.04. The van der Waals surface area contributed by atoms with Crippen LogP contribution in [0.2, 0.25) is 0 Å². The number of amides is 1. The van der Waals surface area contributed by atoms with E-state index in [0.717, 1.165) is 29.3 Å². The van der Waals surface area contributed by atoms with Crippen molar-refractivity contribution in [2.24, 2.45) is 11.8 Å². The quantitative estimate of drug-likeness (QED) is 0.369. The molecule has 7 heteroatoms. The van der Waals surface area contributed by atoms with Crippen LogP contribution in [0.5, 0.6) is 0 Å². The lowest BCUT2D eigenvalue weighted by Gasteiger charge is -2.28. The number of hydrogen-bond acceptors (Lipinski definition) is 3. The molecule has 1 aliphatic heterocycles. The zero-order valence-corrected chi connectivity index (χ0v) is 18.9. The minimum absolute atomic E-state index is 0.0106. The van der Waals surface area contributed by atoms with Crippen LogP contribution in [0, 0.1) is 17.7 Å². The number of rotatable bonds is 6. The molecule has 2 heterocycles. The number of alkyl halides is 1. The van der Waals surface area contributed by atoms with E-state index in [1.54, 1.807) is 29.1 Å². The van der Waals surface area contributed by atoms with Crippen molar-refractivity contribution in [2.75, 3.05) is 4.90 Å². The summed E-state index contributed by atoms with van der Waals surface area (Å²) in [6.07, 6.45) is 1.68. The second-order valence-electron chi connectivity index (χ2n) is 9.35. The number of nitrogens with zero attached hydrogens (tertiary/aromatic N) is 3. The average molecular weight is 472 g/mol. The van der Waals surface area contributed by atoms with Crippen LogP contribution >= 0.6 is 0 Å². The predicted molar refractivity (Wildman–Crippen MR) is 128 cm³/mol. The largest absolute Gasteiger partial charge is 0.302 e. The Bertz CT molecular complexity index is 1410. The van der Waals surface area contributed by atoms with Crippen molar-refractivity contribution in [2.45, 2.75) is 31.5 Å². The Morgan fingerprint density at radius 3 is 2.40 bits per heavy atom. The molecule has 1 saturated heterocycles. The first-order valence-electron chi connectivity index (χ1n) is 11.8. The topological polar surface area (TPSA) is 55.2 Å². The summed E-state index contributed by atoms with van der Waals surface area (Å²) < 4.78 is 30.5. The lowest BCUT2D eigenvalue weighted by molar-refractivity contribution is -0.123. The first-order chi connectivity index (χ1) is 17.0. The predicted octanol–water partition coefficient (Wildman–Crippen LogP) is 5.58. The molecule has 2 fully saturated rings. The average Bonchev–Trinajstić information content (AvgIpc) is 3.61. The second-order valence-corrected chi connectivity index (χ2v) is 9.35. The van der Waals surface area contributed by atoms with E-state index in [2.05, 4.69) is 5.10 Å². The number of Topliss-reactive ketones (excluding diaryl/α,β-unsaturated/α-hetero) is 1. The molecule has 0 spiro atoms. The third kappa shape index (κ3) is 3.81. The number of carbonyl (C=O) groups excluding carboxylic acids is 2. The number of fused-ring (bicyclic) bond motifs is 1. The van der Waals surface area contributed by atoms with E-state index in [1.807, 2.05) is 42.5 Å². The highest BCUT2D eigenvalue weighted by Gasteiger charge is 2.51. The minimum Gasteiger partial charge on any atom is -0.302 e. The summed E-state index contributed by atoms with van der Waals surface area (Å²) in [5, 5.41) is 5.19. The van der Waals surface area contributed by atoms with Gasteiger partial charge in [0.25, 0.3) is 5.91 Å². The normalized spacial score (nSPS) is 22.2. The number of aromatic nitrogens is 2. The summed E-state index contributed by atoms with van der Waals surface area (Å²) in [6, 6.07) is 20.2. The van der Waals surface area contributed by atoms with E-state index in [-0.39, 0.29) is 23.9 Å². The second kappa shape index (κ2) is 8.41. The number of halogens is 2. The maximum absolute atomic E-state index is 15.5. The van der Waals surface area contributed by atoms with Gasteiger partial charge in [-0.25, -0.2) is 13.5 Å². The van der Waals surface area contributed by atoms with Crippen molar-refractivity contribution in [1.82, 2.24) is 9.78 Å². The smallest absolute Gasteiger partial charge is 0.262 e. The molecular weight excluding hydrogens is 448 g/mol. The minimum atomic E-state index is -1.75. The van der Waals surface area contributed by atoms with Gasteiger partial charge in [0.05, 0.1) is 23.4 Å². The number of anilines is 1. The number of hydrogen-bond donors (Lipinski definition) is 0. The molecule has 1 amide bonds. The SMILES string of the molecule is O=C(C[C@H]1C(F)C(=O)N(c2ccc3c(cnn3-c3ccc(F)cc3)c2)[C@@H]1c1ccccc1)C1CC1. The van der Waals surface area contributed by atoms with E-state index in [9.17, 15) is 14.0 Å². The maximum Gasteiger partial charge on any atom is 0.262 e. The Morgan fingerprint density at radius 1 is 0.971 bits per heavy atom. The summed E-state index contributed by atoms with van der Waals surface area (Å²) >= 11 is 0. The molecule has 1 unspecified atom stereocenters. The molecule has 0 N–H and O–H groups in total. The van der Waals surface area contributed by atoms with Crippen molar-refractivity contribution in [3.05, 3.63) is 90.4 Å². The highest BCUT2D eigenvalue weighted by atomic mass is 19.1. The van der Waals surface area contributed by atoms with E-state index in [4.69, 9.17) is 0 Å². The standard InChI is InChI=1S/C28H23F2N3O2/c29-20-8-10-21(11-9-20)33-24-13-12-22(14-19(24)16-31-33)32-27(18-4-2-1-3-5-18)23(26(30)28(32)35)15-25(34)17-6-7-17/h1-5,8-14,16-17,23,26-27H,6-7,15H2/t23-,26?,27+/m0/s1. The van der Waals surface area contributed by atoms with Crippen molar-refractivity contribution >= 4 is 28.3 Å². The van der Waals surface area contributed by atoms with Crippen LogP contribution in [-0.4, -0.2) is 27.6 Å². The van der Waals surface area contributed by atoms with Crippen molar-refractivity contribution in [1.29, 1.82) is 0 Å². The number of benzene rings is 3. The van der Waals surface area contributed by atoms with Crippen molar-refractivity contribution in [3.8, 4) is 5.69 Å². The molecule has 0 radical (unpaired) electrons. The van der Waals surface area contributed by atoms with Crippen LogP contribution < -0.4 is 4.90 Å². The van der Waals surface area contributed by atoms with Gasteiger partial charge in [0, 0.05) is 29.3 Å². The monoisotopic (exact) mass is 471 g/mol. The van der Waals surface area contributed by atoms with Gasteiger partial charge in [0.2, 0.25) is 0 Å². The molecule has 176 valence electrons. The van der Waals surface area contributed by atoms with Crippen LogP contribution in [0.3, 0.4) is 0 Å². The molecular formula is C28H23F2N3O2. The molecule has 2 aliphatic rings. The van der Waals surface area contributed by atoms with Gasteiger partial charge in [-0.3, -0.25) is 9.59 Å². The van der Waals surface area contributed by atoms with Crippen LogP contribution in [0.15, 0.2) is 79.0 Å². The molecule has 35 heavy (non-hydrogen) atoms. The Morgan fingerprint density at radius 2 is 1.69 bits per heavy atom. The van der Waals surface area contributed by atoms with Gasteiger partial charge in [-0.1, -0.05) is 30.3 Å². The third-order valence-electron chi connectivity index (χ3n) is 7.04. The number of carbonyl (C=O) groups is 2. The lowest BCUT2D eigenvalue weighted by Crippen LogP contribution is -2.30. The van der Waals surface area contributed by atoms with Gasteiger partial charge in [-0.05, 0) is 60.9 Å². The van der Waals surface area contributed by atoms with Gasteiger partial charge in [0.15, 0.2) is 6.17 Å². The van der Waals surface area contributed by atoms with Crippen LogP contribution in [-0.2, 0) is 9.59 Å². The van der Waals surface area contributed by atoms with Crippen LogP contribution in [0.4, 0.5) is 14.5 Å². The first kappa shape index (κ1) is 21.6. The maximum atomic E-state index is 15.5. The van der Waals surface area contributed by atoms with Crippen LogP contribution in [0.25, 0.3) is 16.6 Å². The summed E-state index contributed by atoms with van der Waals surface area (Å²) in [7, 11) is 0. The van der Waals surface area contributed by atoms with Gasteiger partial charge in [-0.2, -0.15) is 5.10 Å². The molecule has 4 aromatic rings. The summed E-state index contributed by atoms with van der Waals surface area (Å²) in [5.74, 6) is -1.64. The van der Waals surface area contributed by atoms with Gasteiger partial charge in [-0.15, -0.1) is 0 Å². The van der Waals surface area contributed by atoms with E-state index in [0.29, 0.717) is 11.4 Å². The fourth-order valence-corrected chi connectivity index (χ4v) is 5.12. The molecule has 5 nitrogen and oxygen atoms in total. The molecule has 1 aliphatic carbocycles. The summed E-state index contributed by atoms with van der Waals surface area (Å²) in [6.45, 7) is 0. The molecule has 0 bridgehead atoms. The van der Waals surface area contributed by atoms with Gasteiger partial charge in [0.1, 0.15) is 11.6 Å². The Labute approximate surface area is 201 Å². The van der Waals surface area contributed by atoms with Crippen molar-refractivity contribution in [3.63, 3.8) is 0 Å². The Hall–Kier alpha value is -3.87. The van der Waals surface area contributed by atoms with Gasteiger partial charge >= 0.3 is 0 Å². The fourth-order valence-electron chi connectivity index (χ4n) is 5.12. The van der Waals surface area contributed by atoms with E-state index < -0.39 is 24.0 Å². The Balaban J connectivity index is 1.40. The van der Waals surface area contributed by atoms with Crippen molar-refractivity contribution < 1.29 is 18.4 Å². The molecule has 6 rings (SSSR count). The van der Waals surface area contributed by atoms with Gasteiger partial charge < -0.3 is 4.90 Å². The van der Waals surface area contributed by atoms with E-state index in [1.165, 1.54) is 17.0 Å². The van der Waals surface area contributed by atoms with E-state index >= 15 is 4.39 Å². The number of ketones is 1. The molecule has 3 aromatic carbocycles. The summed E-state index contributed by atoms with van der Waals surface area (Å²) in [4.78, 5) is 27.4. The fraction of sp³-hybridized carbons (Fsp3) is 0.250. The summed E-state index contributed by atoms with van der Waals surface area (Å²) in [5.41, 5.74) is 2.84. The Kier molecular flexibility index (Phi) is 5.20. The zero-order chi connectivity index (χ0) is 24.1. The highest BCUT2D eigenvalue weighted by Crippen LogP contribution is 2.46. The highest BCUT2D eigenvalue weighted by molar-refractivity contribution is 6.02. The van der Waals surface area contributed by atoms with Crippen LogP contribution in [0.1, 0.15) is 30.9 Å². The zero-order valence-electron chi connectivity index (χ0n) is 18.9. The molecule has 1 saturated carbocycles. The molecule has 3 atom stereocenters. The lowest BCUT2D eigenvalue weighted by atomic mass is 9.87. The first-order valence-corrected chi connectivity index (χ1v) is 11.8.